The van der Waals surface area contributed by atoms with Crippen LogP contribution in [0.5, 0.6) is 0 Å². The lowest BCUT2D eigenvalue weighted by Gasteiger charge is -2.10. The quantitative estimate of drug-likeness (QED) is 0.562. The van der Waals surface area contributed by atoms with Gasteiger partial charge in [-0.1, -0.05) is 12.1 Å². The van der Waals surface area contributed by atoms with Gasteiger partial charge in [0.2, 0.25) is 0 Å². The van der Waals surface area contributed by atoms with Crippen LogP contribution in [0.4, 0.5) is 0 Å². The maximum absolute atomic E-state index is 12.6. The maximum Gasteiger partial charge on any atom is 0.336 e. The van der Waals surface area contributed by atoms with E-state index in [1.54, 1.807) is 0 Å². The summed E-state index contributed by atoms with van der Waals surface area (Å²) < 4.78 is 0. The first-order chi connectivity index (χ1) is 12.1. The van der Waals surface area contributed by atoms with Gasteiger partial charge in [-0.15, -0.1) is 0 Å². The fourth-order valence-corrected chi connectivity index (χ4v) is 2.24. The van der Waals surface area contributed by atoms with Crippen LogP contribution >= 0.6 is 0 Å². The molecule has 0 unspecified atom stereocenters. The molecule has 0 amide bonds. The van der Waals surface area contributed by atoms with Crippen molar-refractivity contribution in [3.05, 3.63) is 69.8 Å². The summed E-state index contributed by atoms with van der Waals surface area (Å²) in [5.41, 5.74) is -2.91. The van der Waals surface area contributed by atoms with Crippen LogP contribution in [0, 0.1) is 0 Å². The molecule has 0 saturated heterocycles. The first kappa shape index (κ1) is 18.3. The molecule has 0 aliphatic rings. The molecule has 0 aliphatic carbocycles. The van der Waals surface area contributed by atoms with Gasteiger partial charge < -0.3 is 20.4 Å². The molecule has 132 valence electrons. The van der Waals surface area contributed by atoms with Crippen LogP contribution in [-0.2, 0) is 0 Å². The molecule has 0 aromatic heterocycles. The van der Waals surface area contributed by atoms with Crippen molar-refractivity contribution in [3.63, 3.8) is 0 Å². The Morgan fingerprint density at radius 1 is 0.500 bits per heavy atom. The lowest BCUT2D eigenvalue weighted by molar-refractivity contribution is 0.0648. The van der Waals surface area contributed by atoms with Gasteiger partial charge in [0.15, 0.2) is 5.78 Å². The number of ketones is 1. The fraction of sp³-hybridized carbons (Fsp3) is 0. The van der Waals surface area contributed by atoms with Crippen molar-refractivity contribution >= 4 is 29.7 Å². The molecule has 2 rings (SSSR count). The Hall–Kier alpha value is -4.01. The average Bonchev–Trinajstić information content (AvgIpc) is 2.59. The molecule has 0 saturated carbocycles. The SMILES string of the molecule is O=C(O)c1ccc(C(=O)c2cc(C(=O)O)c(C(=O)O)cc2C(=O)O)cc1. The Labute approximate surface area is 144 Å². The summed E-state index contributed by atoms with van der Waals surface area (Å²) in [4.78, 5) is 57.2. The predicted octanol–water partition coefficient (Wildman–Crippen LogP) is 1.71. The smallest absolute Gasteiger partial charge is 0.336 e. The Bertz CT molecular complexity index is 955. The van der Waals surface area contributed by atoms with Crippen molar-refractivity contribution in [2.45, 2.75) is 0 Å². The molecule has 2 aromatic carbocycles. The lowest BCUT2D eigenvalue weighted by Crippen LogP contribution is -2.16. The Balaban J connectivity index is 2.66. The van der Waals surface area contributed by atoms with Gasteiger partial charge in [0.25, 0.3) is 0 Å². The minimum atomic E-state index is -1.66. The van der Waals surface area contributed by atoms with E-state index in [2.05, 4.69) is 0 Å². The van der Waals surface area contributed by atoms with Crippen LogP contribution in [0.1, 0.15) is 57.4 Å². The zero-order chi connectivity index (χ0) is 19.6. The van der Waals surface area contributed by atoms with E-state index in [4.69, 9.17) is 15.3 Å². The minimum absolute atomic E-state index is 0.0862. The number of hydrogen-bond donors (Lipinski definition) is 4. The monoisotopic (exact) mass is 358 g/mol. The second-order valence-electron chi connectivity index (χ2n) is 5.07. The number of hydrogen-bond acceptors (Lipinski definition) is 5. The molecule has 9 nitrogen and oxygen atoms in total. The average molecular weight is 358 g/mol. The molecule has 26 heavy (non-hydrogen) atoms. The number of benzene rings is 2. The zero-order valence-corrected chi connectivity index (χ0v) is 12.8. The summed E-state index contributed by atoms with van der Waals surface area (Å²) in [6.07, 6.45) is 0. The summed E-state index contributed by atoms with van der Waals surface area (Å²) in [6, 6.07) is 5.82. The van der Waals surface area contributed by atoms with Gasteiger partial charge >= 0.3 is 23.9 Å². The molecule has 0 fully saturated rings. The number of aromatic carboxylic acids is 4. The van der Waals surface area contributed by atoms with E-state index in [1.807, 2.05) is 0 Å². The van der Waals surface area contributed by atoms with Gasteiger partial charge in [-0.2, -0.15) is 0 Å². The molecule has 2 aromatic rings. The van der Waals surface area contributed by atoms with Gasteiger partial charge in [-0.05, 0) is 24.3 Å². The highest BCUT2D eigenvalue weighted by atomic mass is 16.4. The highest BCUT2D eigenvalue weighted by Crippen LogP contribution is 2.22. The van der Waals surface area contributed by atoms with Crippen LogP contribution in [0.3, 0.4) is 0 Å². The minimum Gasteiger partial charge on any atom is -0.478 e. The van der Waals surface area contributed by atoms with Gasteiger partial charge in [0.1, 0.15) is 0 Å². The topological polar surface area (TPSA) is 166 Å². The third kappa shape index (κ3) is 3.41. The molecule has 0 atom stereocenters. The Kier molecular flexibility index (Phi) is 4.83. The highest BCUT2D eigenvalue weighted by Gasteiger charge is 2.26. The molecular formula is C17H10O9. The van der Waals surface area contributed by atoms with Crippen LogP contribution in [0.25, 0.3) is 0 Å². The van der Waals surface area contributed by atoms with Gasteiger partial charge in [-0.25, -0.2) is 19.2 Å². The van der Waals surface area contributed by atoms with Crippen molar-refractivity contribution in [2.24, 2.45) is 0 Å². The van der Waals surface area contributed by atoms with Crippen LogP contribution < -0.4 is 0 Å². The molecule has 0 aliphatic heterocycles. The van der Waals surface area contributed by atoms with E-state index in [0.717, 1.165) is 24.3 Å². The maximum atomic E-state index is 12.6. The molecule has 0 radical (unpaired) electrons. The van der Waals surface area contributed by atoms with E-state index in [9.17, 15) is 29.1 Å². The number of carbonyl (C=O) groups is 5. The van der Waals surface area contributed by atoms with Gasteiger partial charge in [-0.3, -0.25) is 4.79 Å². The van der Waals surface area contributed by atoms with Crippen molar-refractivity contribution in [3.8, 4) is 0 Å². The standard InChI is InChI=1S/C17H10O9/c18-13(7-1-3-8(4-2-7)14(19)20)9-5-11(16(23)24)12(17(25)26)6-10(9)15(21)22/h1-6H,(H,19,20)(H,21,22)(H,23,24)(H,25,26). The number of carboxylic acid groups (broad SMARTS) is 4. The Morgan fingerprint density at radius 3 is 1.23 bits per heavy atom. The second kappa shape index (κ2) is 6.85. The van der Waals surface area contributed by atoms with E-state index in [0.29, 0.717) is 12.1 Å². The number of rotatable bonds is 6. The summed E-state index contributed by atoms with van der Waals surface area (Å²) >= 11 is 0. The summed E-state index contributed by atoms with van der Waals surface area (Å²) in [6.45, 7) is 0. The van der Waals surface area contributed by atoms with Crippen molar-refractivity contribution in [2.75, 3.05) is 0 Å². The highest BCUT2D eigenvalue weighted by molar-refractivity contribution is 6.16. The summed E-state index contributed by atoms with van der Waals surface area (Å²) in [5.74, 6) is -7.03. The molecule has 4 N–H and O–H groups in total. The molecular weight excluding hydrogens is 348 g/mol. The largest absolute Gasteiger partial charge is 0.478 e. The van der Waals surface area contributed by atoms with Gasteiger partial charge in [0.05, 0.1) is 22.3 Å². The van der Waals surface area contributed by atoms with Crippen LogP contribution in [0.2, 0.25) is 0 Å². The fourth-order valence-electron chi connectivity index (χ4n) is 2.24. The third-order valence-corrected chi connectivity index (χ3v) is 3.49. The number of carboxylic acids is 4. The lowest BCUT2D eigenvalue weighted by atomic mass is 9.92. The Morgan fingerprint density at radius 2 is 0.846 bits per heavy atom. The normalized spacial score (nSPS) is 10.2. The van der Waals surface area contributed by atoms with Crippen molar-refractivity contribution < 1.29 is 44.4 Å². The summed E-state index contributed by atoms with van der Waals surface area (Å²) in [7, 11) is 0. The van der Waals surface area contributed by atoms with E-state index in [-0.39, 0.29) is 11.1 Å². The van der Waals surface area contributed by atoms with E-state index in [1.165, 1.54) is 0 Å². The first-order valence-electron chi connectivity index (χ1n) is 6.89. The number of carbonyl (C=O) groups excluding carboxylic acids is 1. The molecule has 9 heteroatoms. The first-order valence-corrected chi connectivity index (χ1v) is 6.89. The van der Waals surface area contributed by atoms with Crippen LogP contribution in [0.15, 0.2) is 36.4 Å². The molecule has 0 heterocycles. The van der Waals surface area contributed by atoms with Crippen molar-refractivity contribution in [1.29, 1.82) is 0 Å². The predicted molar refractivity (Wildman–Crippen MR) is 84.2 cm³/mol. The molecule has 0 bridgehead atoms. The second-order valence-corrected chi connectivity index (χ2v) is 5.07. The van der Waals surface area contributed by atoms with E-state index >= 15 is 0 Å². The van der Waals surface area contributed by atoms with E-state index < -0.39 is 51.9 Å². The zero-order valence-electron chi connectivity index (χ0n) is 12.8. The van der Waals surface area contributed by atoms with Gasteiger partial charge in [0, 0.05) is 11.1 Å². The molecule has 0 spiro atoms. The summed E-state index contributed by atoms with van der Waals surface area (Å²) in [5, 5.41) is 36.3. The van der Waals surface area contributed by atoms with Crippen LogP contribution in [-0.4, -0.2) is 50.1 Å². The van der Waals surface area contributed by atoms with Crippen molar-refractivity contribution in [1.82, 2.24) is 0 Å². The third-order valence-electron chi connectivity index (χ3n) is 3.49.